The van der Waals surface area contributed by atoms with Crippen LogP contribution in [0.5, 0.6) is 0 Å². The van der Waals surface area contributed by atoms with Crippen LogP contribution >= 0.6 is 11.3 Å². The molecule has 106 valence electrons. The Balaban J connectivity index is 2.22. The van der Waals surface area contributed by atoms with Gasteiger partial charge in [-0.05, 0) is 24.3 Å². The van der Waals surface area contributed by atoms with Gasteiger partial charge in [0.2, 0.25) is 10.2 Å². The van der Waals surface area contributed by atoms with Crippen molar-refractivity contribution in [3.63, 3.8) is 0 Å². The Labute approximate surface area is 119 Å². The number of aromatic nitrogens is 2. The summed E-state index contributed by atoms with van der Waals surface area (Å²) in [5.74, 6) is -0.0785. The molecular weight excluding hydrogens is 300 g/mol. The smallest absolute Gasteiger partial charge is 0.267 e. The summed E-state index contributed by atoms with van der Waals surface area (Å²) in [5.41, 5.74) is 1.36. The van der Waals surface area contributed by atoms with Crippen LogP contribution in [0.2, 0.25) is 0 Å². The molecule has 0 unspecified atom stereocenters. The summed E-state index contributed by atoms with van der Waals surface area (Å²) in [7, 11) is -3.83. The van der Waals surface area contributed by atoms with E-state index in [0.717, 1.165) is 11.3 Å². The van der Waals surface area contributed by atoms with Gasteiger partial charge in [0.05, 0.1) is 0 Å². The number of hydrogen-bond donors (Lipinski definition) is 2. The van der Waals surface area contributed by atoms with Gasteiger partial charge in [-0.3, -0.25) is 4.79 Å². The number of hydrogen-bond acceptors (Lipinski definition) is 6. The van der Waals surface area contributed by atoms with Crippen molar-refractivity contribution < 1.29 is 13.2 Å². The van der Waals surface area contributed by atoms with E-state index in [1.807, 2.05) is 0 Å². The van der Waals surface area contributed by atoms with E-state index in [9.17, 15) is 13.2 Å². The highest BCUT2D eigenvalue weighted by molar-refractivity contribution is 7.91. The van der Waals surface area contributed by atoms with Gasteiger partial charge in [-0.1, -0.05) is 18.3 Å². The molecule has 2 rings (SSSR count). The van der Waals surface area contributed by atoms with Crippen LogP contribution < -0.4 is 10.5 Å². The van der Waals surface area contributed by atoms with Gasteiger partial charge in [-0.15, -0.1) is 10.2 Å². The summed E-state index contributed by atoms with van der Waals surface area (Å²) < 4.78 is 22.0. The Morgan fingerprint density at radius 3 is 2.45 bits per heavy atom. The van der Waals surface area contributed by atoms with E-state index in [1.54, 1.807) is 31.2 Å². The molecule has 0 saturated heterocycles. The number of amides is 1. The summed E-state index contributed by atoms with van der Waals surface area (Å²) in [5, 5.41) is 15.4. The molecule has 3 N–H and O–H groups in total. The van der Waals surface area contributed by atoms with Crippen LogP contribution in [0.25, 0.3) is 10.6 Å². The monoisotopic (exact) mass is 312 g/mol. The van der Waals surface area contributed by atoms with E-state index in [2.05, 4.69) is 15.5 Å². The fourth-order valence-corrected chi connectivity index (χ4v) is 2.83. The molecule has 1 heterocycles. The van der Waals surface area contributed by atoms with Gasteiger partial charge in [0.1, 0.15) is 5.01 Å². The van der Waals surface area contributed by atoms with E-state index < -0.39 is 10.0 Å². The minimum atomic E-state index is -3.83. The lowest BCUT2D eigenvalue weighted by Crippen LogP contribution is -2.11. The molecule has 20 heavy (non-hydrogen) atoms. The topological polar surface area (TPSA) is 115 Å². The number of sulfonamides is 1. The van der Waals surface area contributed by atoms with Crippen LogP contribution in [0.4, 0.5) is 5.69 Å². The van der Waals surface area contributed by atoms with Gasteiger partial charge in [0, 0.05) is 17.7 Å². The molecule has 1 aromatic heterocycles. The standard InChI is InChI=1S/C11H12N4O3S2/c1-2-9(16)13-8-5-3-7(4-6-8)10-14-15-11(19-10)20(12,17)18/h3-6H,2H2,1H3,(H,13,16)(H2,12,17,18). The summed E-state index contributed by atoms with van der Waals surface area (Å²) >= 11 is 0.895. The maximum absolute atomic E-state index is 11.2. The first kappa shape index (κ1) is 14.6. The van der Waals surface area contributed by atoms with Gasteiger partial charge in [0.25, 0.3) is 10.0 Å². The average molecular weight is 312 g/mol. The van der Waals surface area contributed by atoms with Crippen LogP contribution in [0.15, 0.2) is 28.6 Å². The number of carbonyl (C=O) groups excluding carboxylic acids is 1. The molecule has 2 aromatic rings. The zero-order chi connectivity index (χ0) is 14.8. The Hall–Kier alpha value is -1.84. The SMILES string of the molecule is CCC(=O)Nc1ccc(-c2nnc(S(N)(=O)=O)s2)cc1. The van der Waals surface area contributed by atoms with Crippen LogP contribution in [0, 0.1) is 0 Å². The molecule has 0 radical (unpaired) electrons. The second-order valence-electron chi connectivity index (χ2n) is 3.90. The van der Waals surface area contributed by atoms with E-state index in [1.165, 1.54) is 0 Å². The maximum Gasteiger partial charge on any atom is 0.267 e. The number of carbonyl (C=O) groups is 1. The second kappa shape index (κ2) is 5.65. The number of anilines is 1. The fourth-order valence-electron chi connectivity index (χ4n) is 1.39. The largest absolute Gasteiger partial charge is 0.326 e. The summed E-state index contributed by atoms with van der Waals surface area (Å²) in [6, 6.07) is 6.86. The van der Waals surface area contributed by atoms with Crippen molar-refractivity contribution in [2.45, 2.75) is 17.7 Å². The Kier molecular flexibility index (Phi) is 4.12. The third-order valence-corrected chi connectivity index (χ3v) is 4.67. The van der Waals surface area contributed by atoms with E-state index in [-0.39, 0.29) is 10.2 Å². The zero-order valence-electron chi connectivity index (χ0n) is 10.5. The fraction of sp³-hybridized carbons (Fsp3) is 0.182. The number of nitrogens with zero attached hydrogens (tertiary/aromatic N) is 2. The second-order valence-corrected chi connectivity index (χ2v) is 6.61. The molecular formula is C11H12N4O3S2. The predicted octanol–water partition coefficient (Wildman–Crippen LogP) is 1.20. The Morgan fingerprint density at radius 2 is 1.95 bits per heavy atom. The van der Waals surface area contributed by atoms with Crippen molar-refractivity contribution in [1.82, 2.24) is 10.2 Å². The van der Waals surface area contributed by atoms with Gasteiger partial charge in [-0.2, -0.15) is 0 Å². The van der Waals surface area contributed by atoms with Crippen molar-refractivity contribution in [2.75, 3.05) is 5.32 Å². The van der Waals surface area contributed by atoms with Gasteiger partial charge >= 0.3 is 0 Å². The highest BCUT2D eigenvalue weighted by Gasteiger charge is 2.15. The Bertz CT molecular complexity index is 722. The molecule has 9 heteroatoms. The van der Waals surface area contributed by atoms with Crippen LogP contribution in [-0.4, -0.2) is 24.5 Å². The molecule has 0 bridgehead atoms. The summed E-state index contributed by atoms with van der Waals surface area (Å²) in [6.07, 6.45) is 0.399. The van der Waals surface area contributed by atoms with E-state index >= 15 is 0 Å². The number of primary sulfonamides is 1. The minimum absolute atomic E-state index is 0.0785. The van der Waals surface area contributed by atoms with Crippen LogP contribution in [0.3, 0.4) is 0 Å². The third kappa shape index (κ3) is 3.38. The van der Waals surface area contributed by atoms with Gasteiger partial charge < -0.3 is 5.32 Å². The van der Waals surface area contributed by atoms with Gasteiger partial charge in [-0.25, -0.2) is 13.6 Å². The molecule has 0 atom stereocenters. The molecule has 1 amide bonds. The number of rotatable bonds is 4. The van der Waals surface area contributed by atoms with Crippen molar-refractivity contribution in [1.29, 1.82) is 0 Å². The lowest BCUT2D eigenvalue weighted by molar-refractivity contribution is -0.115. The molecule has 7 nitrogen and oxygen atoms in total. The first-order valence-electron chi connectivity index (χ1n) is 5.66. The first-order chi connectivity index (χ1) is 9.40. The molecule has 1 aromatic carbocycles. The molecule has 0 fully saturated rings. The van der Waals surface area contributed by atoms with Crippen LogP contribution in [0.1, 0.15) is 13.3 Å². The van der Waals surface area contributed by atoms with Gasteiger partial charge in [0.15, 0.2) is 0 Å². The number of nitrogens with one attached hydrogen (secondary N) is 1. The summed E-state index contributed by atoms with van der Waals surface area (Å²) in [4.78, 5) is 11.2. The van der Waals surface area contributed by atoms with Crippen molar-refractivity contribution >= 4 is 33.0 Å². The minimum Gasteiger partial charge on any atom is -0.326 e. The lowest BCUT2D eigenvalue weighted by atomic mass is 10.2. The highest BCUT2D eigenvalue weighted by atomic mass is 32.2. The van der Waals surface area contributed by atoms with Crippen LogP contribution in [-0.2, 0) is 14.8 Å². The quantitative estimate of drug-likeness (QED) is 0.880. The Morgan fingerprint density at radius 1 is 1.30 bits per heavy atom. The average Bonchev–Trinajstić information content (AvgIpc) is 2.89. The third-order valence-electron chi connectivity index (χ3n) is 2.39. The summed E-state index contributed by atoms with van der Waals surface area (Å²) in [6.45, 7) is 1.76. The van der Waals surface area contributed by atoms with Crippen molar-refractivity contribution in [2.24, 2.45) is 5.14 Å². The maximum atomic E-state index is 11.2. The zero-order valence-corrected chi connectivity index (χ0v) is 12.2. The predicted molar refractivity (Wildman–Crippen MR) is 75.6 cm³/mol. The highest BCUT2D eigenvalue weighted by Crippen LogP contribution is 2.26. The van der Waals surface area contributed by atoms with E-state index in [4.69, 9.17) is 5.14 Å². The number of benzene rings is 1. The van der Waals surface area contributed by atoms with E-state index in [0.29, 0.717) is 22.7 Å². The van der Waals surface area contributed by atoms with Crippen molar-refractivity contribution in [3.8, 4) is 10.6 Å². The van der Waals surface area contributed by atoms with Crippen molar-refractivity contribution in [3.05, 3.63) is 24.3 Å². The molecule has 0 aliphatic heterocycles. The first-order valence-corrected chi connectivity index (χ1v) is 8.03. The normalized spacial score (nSPS) is 11.3. The number of nitrogens with two attached hydrogens (primary N) is 1. The molecule has 0 spiro atoms. The lowest BCUT2D eigenvalue weighted by Gasteiger charge is -2.03. The molecule has 0 aliphatic rings. The molecule has 0 aliphatic carbocycles. The molecule has 0 saturated carbocycles.